The fourth-order valence-corrected chi connectivity index (χ4v) is 4.08. The molecule has 0 heterocycles. The quantitative estimate of drug-likeness (QED) is 0.0835. The zero-order valence-electron chi connectivity index (χ0n) is 21.8. The Morgan fingerprint density at radius 3 is 1.66 bits per heavy atom. The van der Waals surface area contributed by atoms with E-state index in [-0.39, 0.29) is 17.9 Å². The summed E-state index contributed by atoms with van der Waals surface area (Å²) in [5.74, 6) is -0.0150. The van der Waals surface area contributed by atoms with Crippen LogP contribution in [0.25, 0.3) is 0 Å². The van der Waals surface area contributed by atoms with Gasteiger partial charge in [0, 0.05) is 12.8 Å². The molecule has 0 rings (SSSR count). The van der Waals surface area contributed by atoms with Crippen LogP contribution < -0.4 is 0 Å². The van der Waals surface area contributed by atoms with Crippen molar-refractivity contribution in [1.29, 1.82) is 0 Å². The minimum atomic E-state index is -0.222. The molecule has 0 saturated carbocycles. The molecule has 0 fully saturated rings. The lowest BCUT2D eigenvalue weighted by Gasteiger charge is -2.17. The Balaban J connectivity index is 3.78. The molecule has 0 amide bonds. The third kappa shape index (κ3) is 23.5. The van der Waals surface area contributed by atoms with E-state index >= 15 is 0 Å². The molecule has 0 N–H and O–H groups in total. The molecule has 32 heavy (non-hydrogen) atoms. The summed E-state index contributed by atoms with van der Waals surface area (Å²) in [5, 5.41) is 0. The van der Waals surface area contributed by atoms with Gasteiger partial charge in [0.15, 0.2) is 0 Å². The van der Waals surface area contributed by atoms with Gasteiger partial charge in [0.05, 0.1) is 0 Å². The fourth-order valence-electron chi connectivity index (χ4n) is 4.08. The van der Waals surface area contributed by atoms with Crippen LogP contribution in [0.15, 0.2) is 12.2 Å². The van der Waals surface area contributed by atoms with Gasteiger partial charge in [0.2, 0.25) is 0 Å². The van der Waals surface area contributed by atoms with Gasteiger partial charge in [-0.05, 0) is 51.9 Å². The largest absolute Gasteiger partial charge is 0.462 e. The number of carbonyl (C=O) groups is 2. The molecule has 0 aromatic carbocycles. The van der Waals surface area contributed by atoms with Crippen LogP contribution >= 0.6 is 0 Å². The average molecular weight is 451 g/mol. The highest BCUT2D eigenvalue weighted by Crippen LogP contribution is 2.16. The number of carbonyl (C=O) groups excluding carboxylic acids is 2. The Hall–Kier alpha value is -1.12. The summed E-state index contributed by atoms with van der Waals surface area (Å²) in [6.07, 6.45) is 28.2. The molecule has 0 aliphatic carbocycles. The highest BCUT2D eigenvalue weighted by atomic mass is 16.5. The topological polar surface area (TPSA) is 43.4 Å². The van der Waals surface area contributed by atoms with Gasteiger partial charge in [0.1, 0.15) is 11.9 Å². The molecule has 1 atom stereocenters. The number of rotatable bonds is 24. The van der Waals surface area contributed by atoms with E-state index < -0.39 is 0 Å². The lowest BCUT2D eigenvalue weighted by molar-refractivity contribution is -0.150. The normalized spacial score (nSPS) is 12.3. The second-order valence-corrected chi connectivity index (χ2v) is 9.56. The van der Waals surface area contributed by atoms with Crippen molar-refractivity contribution in [3.8, 4) is 0 Å². The Kier molecular flexibility index (Phi) is 23.7. The van der Waals surface area contributed by atoms with Crippen molar-refractivity contribution in [2.24, 2.45) is 0 Å². The SMILES string of the molecule is CCCCCC/C=C\CCCCCC(=O)O[C@@H](CCCCCCCCCCC)CC(C)=O. The predicted octanol–water partition coefficient (Wildman–Crippen LogP) is 9.28. The molecule has 0 aromatic rings. The standard InChI is InChI=1S/C29H54O3/c1-4-6-8-10-12-14-15-17-19-21-23-25-29(31)32-28(26-27(3)30)24-22-20-18-16-13-11-9-7-5-2/h14-15,28H,4-13,16-26H2,1-3H3/b15-14-/t28-/m0/s1. The molecular weight excluding hydrogens is 396 g/mol. The number of unbranched alkanes of at least 4 members (excludes halogenated alkanes) is 15. The van der Waals surface area contributed by atoms with E-state index in [1.165, 1.54) is 83.5 Å². The first-order chi connectivity index (χ1) is 15.6. The molecule has 188 valence electrons. The number of allylic oxidation sites excluding steroid dienone is 2. The third-order valence-electron chi connectivity index (χ3n) is 6.09. The Bertz CT molecular complexity index is 455. The van der Waals surface area contributed by atoms with Crippen LogP contribution in [-0.4, -0.2) is 17.9 Å². The number of hydrogen-bond donors (Lipinski definition) is 0. The molecule has 0 radical (unpaired) electrons. The Morgan fingerprint density at radius 2 is 1.12 bits per heavy atom. The molecule has 0 aliphatic heterocycles. The molecule has 0 spiro atoms. The molecule has 0 bridgehead atoms. The van der Waals surface area contributed by atoms with Gasteiger partial charge in [-0.15, -0.1) is 0 Å². The molecular formula is C29H54O3. The van der Waals surface area contributed by atoms with Crippen molar-refractivity contribution in [2.45, 2.75) is 162 Å². The smallest absolute Gasteiger partial charge is 0.306 e. The first-order valence-electron chi connectivity index (χ1n) is 13.9. The Labute approximate surface area is 200 Å². The lowest BCUT2D eigenvalue weighted by Crippen LogP contribution is -2.20. The first-order valence-corrected chi connectivity index (χ1v) is 13.9. The van der Waals surface area contributed by atoms with E-state index in [0.717, 1.165) is 38.5 Å². The number of Topliss-reactive ketones (excluding diaryl/α,β-unsaturated/α-hetero) is 1. The van der Waals surface area contributed by atoms with Gasteiger partial charge < -0.3 is 4.74 Å². The average Bonchev–Trinajstić information content (AvgIpc) is 2.75. The summed E-state index contributed by atoms with van der Waals surface area (Å²) < 4.78 is 5.65. The van der Waals surface area contributed by atoms with Crippen LogP contribution in [0.1, 0.15) is 156 Å². The van der Waals surface area contributed by atoms with Gasteiger partial charge in [0.25, 0.3) is 0 Å². The second kappa shape index (κ2) is 24.5. The van der Waals surface area contributed by atoms with Crippen molar-refractivity contribution < 1.29 is 14.3 Å². The maximum atomic E-state index is 12.2. The van der Waals surface area contributed by atoms with E-state index in [4.69, 9.17) is 4.74 Å². The van der Waals surface area contributed by atoms with Gasteiger partial charge in [-0.25, -0.2) is 0 Å². The predicted molar refractivity (Wildman–Crippen MR) is 138 cm³/mol. The summed E-state index contributed by atoms with van der Waals surface area (Å²) in [6.45, 7) is 6.08. The van der Waals surface area contributed by atoms with E-state index in [0.29, 0.717) is 12.8 Å². The summed E-state index contributed by atoms with van der Waals surface area (Å²) in [5.41, 5.74) is 0. The van der Waals surface area contributed by atoms with Crippen LogP contribution in [0.5, 0.6) is 0 Å². The van der Waals surface area contributed by atoms with Gasteiger partial charge in [-0.3, -0.25) is 9.59 Å². The minimum Gasteiger partial charge on any atom is -0.462 e. The van der Waals surface area contributed by atoms with Crippen molar-refractivity contribution in [2.75, 3.05) is 0 Å². The Morgan fingerprint density at radius 1 is 0.656 bits per heavy atom. The summed E-state index contributed by atoms with van der Waals surface area (Å²) in [7, 11) is 0. The van der Waals surface area contributed by atoms with Crippen LogP contribution in [0.2, 0.25) is 0 Å². The minimum absolute atomic E-state index is 0.111. The van der Waals surface area contributed by atoms with Crippen molar-refractivity contribution in [1.82, 2.24) is 0 Å². The number of esters is 1. The fraction of sp³-hybridized carbons (Fsp3) is 0.862. The molecule has 3 heteroatoms. The molecule has 0 unspecified atom stereocenters. The summed E-state index contributed by atoms with van der Waals surface area (Å²) in [4.78, 5) is 23.8. The third-order valence-corrected chi connectivity index (χ3v) is 6.09. The molecule has 0 saturated heterocycles. The monoisotopic (exact) mass is 450 g/mol. The van der Waals surface area contributed by atoms with Crippen LogP contribution in [0.4, 0.5) is 0 Å². The van der Waals surface area contributed by atoms with Gasteiger partial charge in [-0.1, -0.05) is 103 Å². The zero-order valence-corrected chi connectivity index (χ0v) is 21.8. The van der Waals surface area contributed by atoms with Crippen molar-refractivity contribution in [3.63, 3.8) is 0 Å². The van der Waals surface area contributed by atoms with Gasteiger partial charge >= 0.3 is 5.97 Å². The summed E-state index contributed by atoms with van der Waals surface area (Å²) in [6, 6.07) is 0. The van der Waals surface area contributed by atoms with E-state index in [1.54, 1.807) is 6.92 Å². The highest BCUT2D eigenvalue weighted by Gasteiger charge is 2.16. The van der Waals surface area contributed by atoms with Crippen molar-refractivity contribution in [3.05, 3.63) is 12.2 Å². The van der Waals surface area contributed by atoms with Crippen LogP contribution in [0.3, 0.4) is 0 Å². The first kappa shape index (κ1) is 30.9. The maximum absolute atomic E-state index is 12.2. The van der Waals surface area contributed by atoms with Gasteiger partial charge in [-0.2, -0.15) is 0 Å². The molecule has 0 aliphatic rings. The lowest BCUT2D eigenvalue weighted by atomic mass is 10.0. The molecule has 0 aromatic heterocycles. The highest BCUT2D eigenvalue weighted by molar-refractivity contribution is 5.76. The second-order valence-electron chi connectivity index (χ2n) is 9.56. The zero-order chi connectivity index (χ0) is 23.7. The number of ketones is 1. The van der Waals surface area contributed by atoms with Crippen LogP contribution in [0, 0.1) is 0 Å². The van der Waals surface area contributed by atoms with E-state index in [2.05, 4.69) is 26.0 Å². The summed E-state index contributed by atoms with van der Waals surface area (Å²) >= 11 is 0. The van der Waals surface area contributed by atoms with Crippen LogP contribution in [-0.2, 0) is 14.3 Å². The maximum Gasteiger partial charge on any atom is 0.306 e. The molecule has 3 nitrogen and oxygen atoms in total. The number of ether oxygens (including phenoxy) is 1. The number of hydrogen-bond acceptors (Lipinski definition) is 3. The van der Waals surface area contributed by atoms with Crippen molar-refractivity contribution >= 4 is 11.8 Å². The van der Waals surface area contributed by atoms with E-state index in [1.807, 2.05) is 0 Å². The van der Waals surface area contributed by atoms with E-state index in [9.17, 15) is 9.59 Å².